The van der Waals surface area contributed by atoms with Crippen LogP contribution >= 0.6 is 11.9 Å². The standard InChI is InChI=1S/C6H16N2S/c1-5-7-8(9-4)6(2)3/h6-7H,5H2,1-4H3/p+1. The first-order valence-electron chi connectivity index (χ1n) is 3.37. The van der Waals surface area contributed by atoms with Crippen molar-refractivity contribution in [3.05, 3.63) is 0 Å². The van der Waals surface area contributed by atoms with Crippen molar-refractivity contribution in [2.24, 2.45) is 0 Å². The molecule has 0 rings (SSSR count). The van der Waals surface area contributed by atoms with Crippen molar-refractivity contribution in [1.82, 2.24) is 5.43 Å². The Balaban J connectivity index is 3.41. The minimum absolute atomic E-state index is 0.653. The Hall–Kier alpha value is 0.270. The van der Waals surface area contributed by atoms with Crippen molar-refractivity contribution in [3.63, 3.8) is 0 Å². The molecule has 1 unspecified atom stereocenters. The molecule has 2 N–H and O–H groups in total. The predicted octanol–water partition coefficient (Wildman–Crippen LogP) is 0.0822. The molecule has 0 spiro atoms. The number of nitrogens with one attached hydrogen (secondary N) is 2. The van der Waals surface area contributed by atoms with E-state index >= 15 is 0 Å². The number of hydrogen-bond donors (Lipinski definition) is 2. The van der Waals surface area contributed by atoms with Crippen LogP contribution < -0.4 is 9.84 Å². The normalized spacial score (nSPS) is 14.3. The largest absolute Gasteiger partial charge is 0.195 e. The lowest BCUT2D eigenvalue weighted by atomic mass is 10.4. The molecule has 2 nitrogen and oxygen atoms in total. The van der Waals surface area contributed by atoms with Gasteiger partial charge in [0.25, 0.3) is 0 Å². The van der Waals surface area contributed by atoms with Gasteiger partial charge in [-0.25, -0.2) is 0 Å². The zero-order valence-electron chi connectivity index (χ0n) is 6.69. The van der Waals surface area contributed by atoms with Gasteiger partial charge in [-0.15, -0.1) is 0 Å². The van der Waals surface area contributed by atoms with Crippen LogP contribution in [0.15, 0.2) is 0 Å². The average molecular weight is 149 g/mol. The van der Waals surface area contributed by atoms with Crippen LogP contribution in [-0.4, -0.2) is 18.8 Å². The molecule has 0 amide bonds. The van der Waals surface area contributed by atoms with Crippen LogP contribution in [0.4, 0.5) is 0 Å². The third kappa shape index (κ3) is 3.78. The SMILES string of the molecule is CCN[NH+](SC)C(C)C. The van der Waals surface area contributed by atoms with Gasteiger partial charge in [0.15, 0.2) is 0 Å². The summed E-state index contributed by atoms with van der Waals surface area (Å²) in [4.78, 5) is 0. The molecule has 9 heavy (non-hydrogen) atoms. The summed E-state index contributed by atoms with van der Waals surface area (Å²) in [7, 11) is 0. The van der Waals surface area contributed by atoms with E-state index in [4.69, 9.17) is 0 Å². The first-order valence-corrected chi connectivity index (χ1v) is 4.59. The summed E-state index contributed by atoms with van der Waals surface area (Å²) in [6, 6.07) is 0.653. The van der Waals surface area contributed by atoms with E-state index in [1.54, 1.807) is 0 Å². The maximum absolute atomic E-state index is 3.31. The van der Waals surface area contributed by atoms with E-state index < -0.39 is 0 Å². The molecule has 0 aromatic rings. The van der Waals surface area contributed by atoms with Crippen LogP contribution in [0.25, 0.3) is 0 Å². The molecule has 56 valence electrons. The minimum Gasteiger partial charge on any atom is -0.195 e. The lowest BCUT2D eigenvalue weighted by Gasteiger charge is -2.17. The Morgan fingerprint density at radius 2 is 2.11 bits per heavy atom. The predicted molar refractivity (Wildman–Crippen MR) is 43.3 cm³/mol. The Bertz CT molecular complexity index is 66.1. The highest BCUT2D eigenvalue weighted by Gasteiger charge is 2.09. The molecule has 0 radical (unpaired) electrons. The molecule has 0 aliphatic rings. The fourth-order valence-corrected chi connectivity index (χ4v) is 1.45. The van der Waals surface area contributed by atoms with E-state index in [2.05, 4.69) is 32.5 Å². The Labute approximate surface area is 62.1 Å². The number of rotatable bonds is 4. The van der Waals surface area contributed by atoms with E-state index in [-0.39, 0.29) is 0 Å². The zero-order chi connectivity index (χ0) is 7.28. The molecule has 0 saturated carbocycles. The van der Waals surface area contributed by atoms with Crippen molar-refractivity contribution in [3.8, 4) is 0 Å². The third-order valence-corrected chi connectivity index (χ3v) is 2.15. The first kappa shape index (κ1) is 9.27. The Morgan fingerprint density at radius 1 is 1.56 bits per heavy atom. The third-order valence-electron chi connectivity index (χ3n) is 1.10. The molecule has 3 heteroatoms. The number of quaternary nitrogens is 1. The topological polar surface area (TPSA) is 16.5 Å². The Morgan fingerprint density at radius 3 is 2.22 bits per heavy atom. The molecular formula is C6H17N2S+. The molecule has 0 bridgehead atoms. The van der Waals surface area contributed by atoms with Crippen LogP contribution in [0.1, 0.15) is 20.8 Å². The van der Waals surface area contributed by atoms with Gasteiger partial charge in [0.05, 0.1) is 11.9 Å². The second kappa shape index (κ2) is 5.09. The van der Waals surface area contributed by atoms with E-state index in [0.29, 0.717) is 6.04 Å². The van der Waals surface area contributed by atoms with Crippen LogP contribution in [0.2, 0.25) is 0 Å². The average Bonchev–Trinajstić information content (AvgIpc) is 1.82. The molecule has 0 heterocycles. The second-order valence-corrected chi connectivity index (χ2v) is 3.10. The second-order valence-electron chi connectivity index (χ2n) is 2.25. The fourth-order valence-electron chi connectivity index (χ4n) is 0.686. The van der Waals surface area contributed by atoms with Gasteiger partial charge in [-0.1, -0.05) is 0 Å². The lowest BCUT2D eigenvalue weighted by molar-refractivity contribution is -0.830. The fraction of sp³-hybridized carbons (Fsp3) is 1.00. The quantitative estimate of drug-likeness (QED) is 0.435. The van der Waals surface area contributed by atoms with Gasteiger partial charge in [-0.3, -0.25) is 0 Å². The summed E-state index contributed by atoms with van der Waals surface area (Å²) in [5.74, 6) is 0. The van der Waals surface area contributed by atoms with Gasteiger partial charge in [0.2, 0.25) is 0 Å². The molecule has 0 aliphatic carbocycles. The summed E-state index contributed by atoms with van der Waals surface area (Å²) in [6.45, 7) is 7.57. The highest BCUT2D eigenvalue weighted by Crippen LogP contribution is 1.75. The summed E-state index contributed by atoms with van der Waals surface area (Å²) >= 11 is 1.81. The molecule has 1 atom stereocenters. The molecule has 0 saturated heterocycles. The van der Waals surface area contributed by atoms with E-state index in [9.17, 15) is 0 Å². The summed E-state index contributed by atoms with van der Waals surface area (Å²) < 4.78 is 1.39. The van der Waals surface area contributed by atoms with Crippen LogP contribution in [0.3, 0.4) is 0 Å². The zero-order valence-corrected chi connectivity index (χ0v) is 7.51. The van der Waals surface area contributed by atoms with Crippen molar-refractivity contribution >= 4 is 11.9 Å². The van der Waals surface area contributed by atoms with Gasteiger partial charge < -0.3 is 0 Å². The van der Waals surface area contributed by atoms with Crippen molar-refractivity contribution < 1.29 is 4.41 Å². The highest BCUT2D eigenvalue weighted by molar-refractivity contribution is 7.92. The minimum atomic E-state index is 0.653. The van der Waals surface area contributed by atoms with Crippen molar-refractivity contribution in [2.45, 2.75) is 26.8 Å². The Kier molecular flexibility index (Phi) is 5.24. The highest BCUT2D eigenvalue weighted by atomic mass is 32.2. The van der Waals surface area contributed by atoms with Crippen LogP contribution in [0, 0.1) is 0 Å². The first-order chi connectivity index (χ1) is 4.22. The van der Waals surface area contributed by atoms with Gasteiger partial charge in [-0.05, 0) is 20.8 Å². The lowest BCUT2D eigenvalue weighted by Crippen LogP contribution is -3.15. The number of hydrogen-bond acceptors (Lipinski definition) is 2. The molecule has 0 aliphatic heterocycles. The molecule has 0 aromatic carbocycles. The van der Waals surface area contributed by atoms with Gasteiger partial charge in [0, 0.05) is 12.8 Å². The van der Waals surface area contributed by atoms with E-state index in [1.165, 1.54) is 4.41 Å². The van der Waals surface area contributed by atoms with Crippen LogP contribution in [0.5, 0.6) is 0 Å². The smallest absolute Gasteiger partial charge is 0.110 e. The van der Waals surface area contributed by atoms with Crippen LogP contribution in [-0.2, 0) is 0 Å². The molecule has 0 fully saturated rings. The van der Waals surface area contributed by atoms with Crippen molar-refractivity contribution in [1.29, 1.82) is 0 Å². The van der Waals surface area contributed by atoms with Gasteiger partial charge in [-0.2, -0.15) is 9.84 Å². The maximum atomic E-state index is 3.31. The summed E-state index contributed by atoms with van der Waals surface area (Å²) in [5.41, 5.74) is 3.31. The summed E-state index contributed by atoms with van der Waals surface area (Å²) in [6.07, 6.45) is 2.11. The van der Waals surface area contributed by atoms with Gasteiger partial charge >= 0.3 is 0 Å². The van der Waals surface area contributed by atoms with Gasteiger partial charge in [0.1, 0.15) is 6.04 Å². The summed E-state index contributed by atoms with van der Waals surface area (Å²) in [5, 5.41) is 0. The molecule has 0 aromatic heterocycles. The maximum Gasteiger partial charge on any atom is 0.110 e. The van der Waals surface area contributed by atoms with E-state index in [0.717, 1.165) is 6.54 Å². The van der Waals surface area contributed by atoms with E-state index in [1.807, 2.05) is 11.9 Å². The molecular weight excluding hydrogens is 132 g/mol. The monoisotopic (exact) mass is 149 g/mol. The van der Waals surface area contributed by atoms with Crippen molar-refractivity contribution in [2.75, 3.05) is 12.8 Å².